The second-order valence-electron chi connectivity index (χ2n) is 5.44. The highest BCUT2D eigenvalue weighted by atomic mass is 16.2. The van der Waals surface area contributed by atoms with Crippen molar-refractivity contribution >= 4 is 5.91 Å². The summed E-state index contributed by atoms with van der Waals surface area (Å²) >= 11 is 0. The molecule has 1 aliphatic heterocycles. The summed E-state index contributed by atoms with van der Waals surface area (Å²) in [5, 5.41) is 0. The third-order valence-corrected chi connectivity index (χ3v) is 3.40. The molecule has 0 aromatic rings. The normalized spacial score (nSPS) is 22.9. The molecule has 88 valence electrons. The van der Waals surface area contributed by atoms with Crippen molar-refractivity contribution in [3.63, 3.8) is 0 Å². The van der Waals surface area contributed by atoms with E-state index in [-0.39, 0.29) is 17.4 Å². The molecule has 0 radical (unpaired) electrons. The van der Waals surface area contributed by atoms with E-state index in [1.165, 1.54) is 0 Å². The van der Waals surface area contributed by atoms with Crippen molar-refractivity contribution in [3.8, 4) is 0 Å². The largest absolute Gasteiger partial charge is 0.341 e. The van der Waals surface area contributed by atoms with Crippen LogP contribution in [0.2, 0.25) is 0 Å². The third kappa shape index (κ3) is 3.82. The number of amides is 1. The summed E-state index contributed by atoms with van der Waals surface area (Å²) in [6.07, 6.45) is 3.80. The van der Waals surface area contributed by atoms with E-state index in [1.54, 1.807) is 0 Å². The Morgan fingerprint density at radius 2 is 2.20 bits per heavy atom. The SMILES string of the molecule is CCC(C)(C)CC(=O)N1CCCC(N)C1. The maximum absolute atomic E-state index is 12.0. The fourth-order valence-corrected chi connectivity index (χ4v) is 1.88. The minimum Gasteiger partial charge on any atom is -0.341 e. The lowest BCUT2D eigenvalue weighted by Crippen LogP contribution is -2.46. The van der Waals surface area contributed by atoms with Gasteiger partial charge in [0.2, 0.25) is 5.91 Å². The lowest BCUT2D eigenvalue weighted by atomic mass is 9.86. The van der Waals surface area contributed by atoms with Crippen LogP contribution in [-0.2, 0) is 4.79 Å². The molecular weight excluding hydrogens is 188 g/mol. The van der Waals surface area contributed by atoms with E-state index in [4.69, 9.17) is 5.73 Å². The zero-order valence-corrected chi connectivity index (χ0v) is 10.3. The fourth-order valence-electron chi connectivity index (χ4n) is 1.88. The van der Waals surface area contributed by atoms with Gasteiger partial charge in [0.1, 0.15) is 0 Å². The Labute approximate surface area is 93.0 Å². The molecule has 1 aliphatic rings. The number of hydrogen-bond acceptors (Lipinski definition) is 2. The lowest BCUT2D eigenvalue weighted by Gasteiger charge is -2.33. The minimum absolute atomic E-state index is 0.124. The number of likely N-dealkylation sites (tertiary alicyclic amines) is 1. The zero-order valence-electron chi connectivity index (χ0n) is 10.3. The number of carbonyl (C=O) groups excluding carboxylic acids is 1. The Morgan fingerprint density at radius 3 is 2.73 bits per heavy atom. The van der Waals surface area contributed by atoms with E-state index in [0.29, 0.717) is 6.42 Å². The van der Waals surface area contributed by atoms with Gasteiger partial charge in [-0.25, -0.2) is 0 Å². The van der Waals surface area contributed by atoms with Crippen LogP contribution in [0.1, 0.15) is 46.5 Å². The van der Waals surface area contributed by atoms with E-state index >= 15 is 0 Å². The molecule has 0 spiro atoms. The molecule has 0 saturated carbocycles. The van der Waals surface area contributed by atoms with Gasteiger partial charge in [0.05, 0.1) is 0 Å². The molecule has 0 aromatic heterocycles. The van der Waals surface area contributed by atoms with Crippen molar-refractivity contribution < 1.29 is 4.79 Å². The van der Waals surface area contributed by atoms with Crippen molar-refractivity contribution in [1.82, 2.24) is 4.90 Å². The van der Waals surface area contributed by atoms with Crippen molar-refractivity contribution in [3.05, 3.63) is 0 Å². The zero-order chi connectivity index (χ0) is 11.5. The van der Waals surface area contributed by atoms with Gasteiger partial charge in [0.15, 0.2) is 0 Å². The summed E-state index contributed by atoms with van der Waals surface area (Å²) in [5.41, 5.74) is 5.99. The predicted molar refractivity (Wildman–Crippen MR) is 62.5 cm³/mol. The molecular formula is C12H24N2O. The summed E-state index contributed by atoms with van der Waals surface area (Å²) in [4.78, 5) is 13.9. The number of hydrogen-bond donors (Lipinski definition) is 1. The number of carbonyl (C=O) groups is 1. The van der Waals surface area contributed by atoms with Crippen LogP contribution >= 0.6 is 0 Å². The summed E-state index contributed by atoms with van der Waals surface area (Å²) in [6, 6.07) is 0.187. The molecule has 2 N–H and O–H groups in total. The average Bonchev–Trinajstić information content (AvgIpc) is 2.17. The van der Waals surface area contributed by atoms with E-state index < -0.39 is 0 Å². The highest BCUT2D eigenvalue weighted by molar-refractivity contribution is 5.77. The van der Waals surface area contributed by atoms with Crippen LogP contribution in [0.25, 0.3) is 0 Å². The minimum atomic E-state index is 0.124. The monoisotopic (exact) mass is 212 g/mol. The van der Waals surface area contributed by atoms with Gasteiger partial charge in [0, 0.05) is 25.6 Å². The molecule has 1 rings (SSSR count). The van der Waals surface area contributed by atoms with E-state index in [0.717, 1.165) is 32.4 Å². The maximum Gasteiger partial charge on any atom is 0.223 e. The van der Waals surface area contributed by atoms with Crippen molar-refractivity contribution in [2.45, 2.75) is 52.5 Å². The van der Waals surface area contributed by atoms with Crippen LogP contribution < -0.4 is 5.73 Å². The number of piperidine rings is 1. The molecule has 1 unspecified atom stereocenters. The molecule has 0 bridgehead atoms. The summed E-state index contributed by atoms with van der Waals surface area (Å²) in [5.74, 6) is 0.275. The average molecular weight is 212 g/mol. The smallest absolute Gasteiger partial charge is 0.223 e. The van der Waals surface area contributed by atoms with Crippen LogP contribution in [0.4, 0.5) is 0 Å². The second kappa shape index (κ2) is 4.97. The molecule has 3 nitrogen and oxygen atoms in total. The molecule has 1 atom stereocenters. The quantitative estimate of drug-likeness (QED) is 0.775. The number of nitrogens with zero attached hydrogens (tertiary/aromatic N) is 1. The molecule has 1 amide bonds. The molecule has 3 heteroatoms. The number of nitrogens with two attached hydrogens (primary N) is 1. The van der Waals surface area contributed by atoms with Crippen LogP contribution in [0.3, 0.4) is 0 Å². The standard InChI is InChI=1S/C12H24N2O/c1-4-12(2,3)8-11(15)14-7-5-6-10(13)9-14/h10H,4-9,13H2,1-3H3. The van der Waals surface area contributed by atoms with Crippen molar-refractivity contribution in [2.24, 2.45) is 11.1 Å². The first-order chi connectivity index (χ1) is 6.94. The lowest BCUT2D eigenvalue weighted by molar-refractivity contribution is -0.134. The van der Waals surface area contributed by atoms with Gasteiger partial charge in [-0.2, -0.15) is 0 Å². The van der Waals surface area contributed by atoms with E-state index in [1.807, 2.05) is 4.90 Å². The van der Waals surface area contributed by atoms with E-state index in [2.05, 4.69) is 20.8 Å². The second-order valence-corrected chi connectivity index (χ2v) is 5.44. The first-order valence-corrected chi connectivity index (χ1v) is 5.98. The van der Waals surface area contributed by atoms with Gasteiger partial charge < -0.3 is 10.6 Å². The molecule has 1 saturated heterocycles. The summed E-state index contributed by atoms with van der Waals surface area (Å²) < 4.78 is 0. The molecule has 1 heterocycles. The maximum atomic E-state index is 12.0. The van der Waals surface area contributed by atoms with Gasteiger partial charge in [-0.1, -0.05) is 27.2 Å². The Hall–Kier alpha value is -0.570. The van der Waals surface area contributed by atoms with Gasteiger partial charge in [-0.3, -0.25) is 4.79 Å². The molecule has 15 heavy (non-hydrogen) atoms. The Morgan fingerprint density at radius 1 is 1.53 bits per heavy atom. The van der Waals surface area contributed by atoms with E-state index in [9.17, 15) is 4.79 Å². The topological polar surface area (TPSA) is 46.3 Å². The van der Waals surface area contributed by atoms with Crippen LogP contribution in [-0.4, -0.2) is 29.9 Å². The Balaban J connectivity index is 2.46. The van der Waals surface area contributed by atoms with Crippen LogP contribution in [0, 0.1) is 5.41 Å². The summed E-state index contributed by atoms with van der Waals surface area (Å²) in [6.45, 7) is 8.07. The van der Waals surface area contributed by atoms with Crippen LogP contribution in [0.5, 0.6) is 0 Å². The summed E-state index contributed by atoms with van der Waals surface area (Å²) in [7, 11) is 0. The van der Waals surface area contributed by atoms with Gasteiger partial charge in [-0.15, -0.1) is 0 Å². The Bertz CT molecular complexity index is 226. The van der Waals surface area contributed by atoms with Gasteiger partial charge >= 0.3 is 0 Å². The molecule has 0 aliphatic carbocycles. The predicted octanol–water partition coefficient (Wildman–Crippen LogP) is 1.76. The highest BCUT2D eigenvalue weighted by Gasteiger charge is 2.26. The number of rotatable bonds is 3. The molecule has 1 fully saturated rings. The first kappa shape index (κ1) is 12.5. The third-order valence-electron chi connectivity index (χ3n) is 3.40. The van der Waals surface area contributed by atoms with Gasteiger partial charge in [0.25, 0.3) is 0 Å². The van der Waals surface area contributed by atoms with Gasteiger partial charge in [-0.05, 0) is 18.3 Å². The first-order valence-electron chi connectivity index (χ1n) is 5.98. The van der Waals surface area contributed by atoms with Crippen molar-refractivity contribution in [1.29, 1.82) is 0 Å². The fraction of sp³-hybridized carbons (Fsp3) is 0.917. The molecule has 0 aromatic carbocycles. The van der Waals surface area contributed by atoms with Crippen molar-refractivity contribution in [2.75, 3.05) is 13.1 Å². The Kier molecular flexibility index (Phi) is 4.14. The van der Waals surface area contributed by atoms with Crippen LogP contribution in [0.15, 0.2) is 0 Å². The highest BCUT2D eigenvalue weighted by Crippen LogP contribution is 2.26.